The number of nitrogens with zero attached hydrogens (tertiary/aromatic N) is 4. The van der Waals surface area contributed by atoms with E-state index >= 15 is 0 Å². The molecule has 1 amide bonds. The van der Waals surface area contributed by atoms with Crippen LogP contribution in [-0.4, -0.2) is 44.9 Å². The molecule has 2 rings (SSSR count). The summed E-state index contributed by atoms with van der Waals surface area (Å²) in [7, 11) is 3.40. The zero-order chi connectivity index (χ0) is 13.4. The first kappa shape index (κ1) is 12.3. The molecule has 18 heavy (non-hydrogen) atoms. The van der Waals surface area contributed by atoms with Gasteiger partial charge in [-0.2, -0.15) is 0 Å². The molecule has 0 bridgehead atoms. The van der Waals surface area contributed by atoms with E-state index in [9.17, 15) is 14.9 Å². The van der Waals surface area contributed by atoms with E-state index in [2.05, 4.69) is 10.3 Å². The molecule has 1 aromatic heterocycles. The summed E-state index contributed by atoms with van der Waals surface area (Å²) >= 11 is 0. The first-order chi connectivity index (χ1) is 8.41. The summed E-state index contributed by atoms with van der Waals surface area (Å²) in [5, 5.41) is 13.8. The van der Waals surface area contributed by atoms with Gasteiger partial charge in [0.05, 0.1) is 0 Å². The van der Waals surface area contributed by atoms with Crippen molar-refractivity contribution in [2.75, 3.05) is 18.9 Å². The second-order valence-electron chi connectivity index (χ2n) is 4.39. The summed E-state index contributed by atoms with van der Waals surface area (Å²) in [5.74, 6) is 0.523. The van der Waals surface area contributed by atoms with Gasteiger partial charge in [0.15, 0.2) is 0 Å². The quantitative estimate of drug-likeness (QED) is 0.617. The number of nitrogens with one attached hydrogen (secondary N) is 1. The predicted octanol–water partition coefficient (Wildman–Crippen LogP) is 0.279. The Kier molecular flexibility index (Phi) is 2.93. The molecule has 0 spiro atoms. The number of carbonyl (C=O) groups excluding carboxylic acids is 1. The van der Waals surface area contributed by atoms with Crippen LogP contribution >= 0.6 is 0 Å². The van der Waals surface area contributed by atoms with E-state index in [1.165, 1.54) is 0 Å². The average molecular weight is 253 g/mol. The minimum Gasteiger partial charge on any atom is -0.358 e. The van der Waals surface area contributed by atoms with Crippen LogP contribution in [0, 0.1) is 17.0 Å². The molecule has 0 saturated carbocycles. The number of likely N-dealkylation sites (N-methyl/N-ethyl adjacent to an activating group) is 1. The molecule has 0 aliphatic carbocycles. The summed E-state index contributed by atoms with van der Waals surface area (Å²) in [6.07, 6.45) is 0.636. The van der Waals surface area contributed by atoms with Crippen molar-refractivity contribution in [3.8, 4) is 0 Å². The van der Waals surface area contributed by atoms with Crippen LogP contribution in [0.5, 0.6) is 0 Å². The predicted molar refractivity (Wildman–Crippen MR) is 64.3 cm³/mol. The first-order valence-electron chi connectivity index (χ1n) is 5.61. The number of carbonyl (C=O) groups is 1. The van der Waals surface area contributed by atoms with Crippen molar-refractivity contribution in [2.24, 2.45) is 7.05 Å². The van der Waals surface area contributed by atoms with Crippen LogP contribution in [0.2, 0.25) is 0 Å². The number of aromatic nitrogens is 2. The van der Waals surface area contributed by atoms with Gasteiger partial charge in [-0.3, -0.25) is 9.36 Å². The molecule has 1 aromatic rings. The molecule has 2 heterocycles. The van der Waals surface area contributed by atoms with Crippen molar-refractivity contribution in [1.82, 2.24) is 14.5 Å². The van der Waals surface area contributed by atoms with Crippen LogP contribution in [0.4, 0.5) is 11.6 Å². The summed E-state index contributed by atoms with van der Waals surface area (Å²) in [5.41, 5.74) is 0. The lowest BCUT2D eigenvalue weighted by Crippen LogP contribution is -2.31. The van der Waals surface area contributed by atoms with Crippen molar-refractivity contribution >= 4 is 17.5 Å². The second kappa shape index (κ2) is 4.28. The third-order valence-corrected chi connectivity index (χ3v) is 3.21. The van der Waals surface area contributed by atoms with Gasteiger partial charge in [0.1, 0.15) is 6.04 Å². The molecule has 98 valence electrons. The number of likely N-dealkylation sites (tertiary alicyclic amines) is 1. The Morgan fingerprint density at radius 1 is 1.50 bits per heavy atom. The van der Waals surface area contributed by atoms with Crippen molar-refractivity contribution in [3.05, 3.63) is 15.9 Å². The Morgan fingerprint density at radius 3 is 2.67 bits per heavy atom. The molecule has 1 fully saturated rings. The molecule has 1 atom stereocenters. The van der Waals surface area contributed by atoms with Gasteiger partial charge in [-0.05, 0) is 16.3 Å². The largest absolute Gasteiger partial charge is 0.406 e. The number of hydrogen-bond acceptors (Lipinski definition) is 5. The standard InChI is InChI=1S/C10H15N5O3/c1-6-11-9(15(17)18)8(14(6)3)12-7-4-5-13(2)10(7)16/h7,12H,4-5H2,1-3H3. The van der Waals surface area contributed by atoms with E-state index in [4.69, 9.17) is 0 Å². The van der Waals surface area contributed by atoms with E-state index in [-0.39, 0.29) is 17.5 Å². The molecule has 1 saturated heterocycles. The molecule has 8 nitrogen and oxygen atoms in total. The van der Waals surface area contributed by atoms with E-state index in [1.54, 1.807) is 30.5 Å². The summed E-state index contributed by atoms with van der Waals surface area (Å²) < 4.78 is 1.59. The van der Waals surface area contributed by atoms with E-state index in [1.807, 2.05) is 0 Å². The smallest absolute Gasteiger partial charge is 0.358 e. The highest BCUT2D eigenvalue weighted by Crippen LogP contribution is 2.26. The van der Waals surface area contributed by atoms with Crippen LogP contribution in [0.15, 0.2) is 0 Å². The fourth-order valence-electron chi connectivity index (χ4n) is 2.00. The number of rotatable bonds is 3. The number of aryl methyl sites for hydroxylation is 1. The molecular weight excluding hydrogens is 238 g/mol. The highest BCUT2D eigenvalue weighted by molar-refractivity contribution is 5.86. The first-order valence-corrected chi connectivity index (χ1v) is 5.61. The number of hydrogen-bond donors (Lipinski definition) is 1. The van der Waals surface area contributed by atoms with Crippen LogP contribution < -0.4 is 5.32 Å². The van der Waals surface area contributed by atoms with E-state index < -0.39 is 11.0 Å². The normalized spacial score (nSPS) is 19.4. The minimum atomic E-state index is -0.543. The topological polar surface area (TPSA) is 93.3 Å². The van der Waals surface area contributed by atoms with Gasteiger partial charge in [-0.25, -0.2) is 0 Å². The molecule has 1 aliphatic heterocycles. The third-order valence-electron chi connectivity index (χ3n) is 3.21. The third kappa shape index (κ3) is 1.89. The fourth-order valence-corrected chi connectivity index (χ4v) is 2.00. The maximum absolute atomic E-state index is 11.8. The number of nitro groups is 1. The Hall–Kier alpha value is -2.12. The summed E-state index contributed by atoms with van der Waals surface area (Å²) in [6, 6.07) is -0.413. The highest BCUT2D eigenvalue weighted by Gasteiger charge is 2.33. The number of amides is 1. The van der Waals surface area contributed by atoms with Gasteiger partial charge in [0.25, 0.3) is 0 Å². The van der Waals surface area contributed by atoms with Gasteiger partial charge in [0.2, 0.25) is 17.5 Å². The van der Waals surface area contributed by atoms with Gasteiger partial charge >= 0.3 is 5.82 Å². The van der Waals surface area contributed by atoms with Gasteiger partial charge in [-0.1, -0.05) is 0 Å². The second-order valence-corrected chi connectivity index (χ2v) is 4.39. The molecule has 0 radical (unpaired) electrons. The molecule has 1 N–H and O–H groups in total. The lowest BCUT2D eigenvalue weighted by molar-refractivity contribution is -0.388. The highest BCUT2D eigenvalue weighted by atomic mass is 16.6. The summed E-state index contributed by atoms with van der Waals surface area (Å²) in [4.78, 5) is 27.6. The monoisotopic (exact) mass is 253 g/mol. The number of imidazole rings is 1. The van der Waals surface area contributed by atoms with Crippen molar-refractivity contribution < 1.29 is 9.72 Å². The number of anilines is 1. The molecule has 0 aromatic carbocycles. The average Bonchev–Trinajstić information content (AvgIpc) is 2.77. The van der Waals surface area contributed by atoms with Crippen molar-refractivity contribution in [1.29, 1.82) is 0 Å². The van der Waals surface area contributed by atoms with Crippen molar-refractivity contribution in [2.45, 2.75) is 19.4 Å². The fraction of sp³-hybridized carbons (Fsp3) is 0.600. The maximum atomic E-state index is 11.8. The summed E-state index contributed by atoms with van der Waals surface area (Å²) in [6.45, 7) is 2.34. The van der Waals surface area contributed by atoms with Gasteiger partial charge in [-0.15, -0.1) is 0 Å². The van der Waals surface area contributed by atoms with Gasteiger partial charge in [0, 0.05) is 27.6 Å². The Labute approximate surface area is 104 Å². The zero-order valence-electron chi connectivity index (χ0n) is 10.5. The zero-order valence-corrected chi connectivity index (χ0v) is 10.5. The molecule has 8 heteroatoms. The van der Waals surface area contributed by atoms with E-state index in [0.29, 0.717) is 18.8 Å². The lowest BCUT2D eigenvalue weighted by atomic mass is 10.2. The Balaban J connectivity index is 2.29. The minimum absolute atomic E-state index is 0.0526. The maximum Gasteiger partial charge on any atom is 0.406 e. The SMILES string of the molecule is Cc1nc([N+](=O)[O-])c(NC2CCN(C)C2=O)n1C. The molecule has 1 aliphatic rings. The van der Waals surface area contributed by atoms with Crippen LogP contribution in [-0.2, 0) is 11.8 Å². The van der Waals surface area contributed by atoms with Crippen LogP contribution in [0.1, 0.15) is 12.2 Å². The van der Waals surface area contributed by atoms with E-state index in [0.717, 1.165) is 0 Å². The van der Waals surface area contributed by atoms with Crippen LogP contribution in [0.3, 0.4) is 0 Å². The van der Waals surface area contributed by atoms with Gasteiger partial charge < -0.3 is 20.3 Å². The molecule has 1 unspecified atom stereocenters. The Morgan fingerprint density at radius 2 is 2.17 bits per heavy atom. The van der Waals surface area contributed by atoms with Crippen molar-refractivity contribution in [3.63, 3.8) is 0 Å². The molecular formula is C10H15N5O3. The van der Waals surface area contributed by atoms with Crippen LogP contribution in [0.25, 0.3) is 0 Å². The Bertz CT molecular complexity index is 510. The lowest BCUT2D eigenvalue weighted by Gasteiger charge is -2.13.